The maximum atomic E-state index is 12.0. The molecule has 0 radical (unpaired) electrons. The monoisotopic (exact) mass is 395 g/mol. The molecular weight excluding hydrogens is 385 g/mol. The zero-order valence-corrected chi connectivity index (χ0v) is 12.2. The molecule has 1 aromatic rings. The molecule has 1 N–H and O–H groups in total. The highest BCUT2D eigenvalue weighted by Gasteiger charge is 2.25. The van der Waals surface area contributed by atoms with Gasteiger partial charge in [0.05, 0.1) is 3.57 Å². The zero-order chi connectivity index (χ0) is 11.7. The fourth-order valence-electron chi connectivity index (χ4n) is 1.73. The van der Waals surface area contributed by atoms with Gasteiger partial charge >= 0.3 is 0 Å². The molecule has 1 heterocycles. The van der Waals surface area contributed by atoms with Gasteiger partial charge in [-0.15, -0.1) is 0 Å². The normalized spacial score (nSPS) is 20.1. The van der Waals surface area contributed by atoms with Gasteiger partial charge in [0.1, 0.15) is 5.75 Å². The highest BCUT2D eigenvalue weighted by molar-refractivity contribution is 14.1. The Morgan fingerprint density at radius 3 is 2.88 bits per heavy atom. The lowest BCUT2D eigenvalue weighted by molar-refractivity contribution is 0.0793. The number of rotatable bonds is 1. The minimum Gasteiger partial charge on any atom is -0.507 e. The van der Waals surface area contributed by atoms with Crippen LogP contribution >= 0.6 is 38.5 Å². The van der Waals surface area contributed by atoms with Crippen LogP contribution in [0.5, 0.6) is 5.75 Å². The minimum absolute atomic E-state index is 0.00588. The molecular formula is C11H11BrINO2. The Balaban J connectivity index is 2.18. The summed E-state index contributed by atoms with van der Waals surface area (Å²) in [6.07, 6.45) is 0.988. The Kier molecular flexibility index (Phi) is 3.73. The van der Waals surface area contributed by atoms with Crippen LogP contribution in [0, 0.1) is 3.57 Å². The summed E-state index contributed by atoms with van der Waals surface area (Å²) in [5.74, 6) is 0.162. The average molecular weight is 396 g/mol. The Bertz CT molecular complexity index is 424. The lowest BCUT2D eigenvalue weighted by Crippen LogP contribution is -2.28. The second-order valence-electron chi connectivity index (χ2n) is 3.80. The van der Waals surface area contributed by atoms with E-state index in [1.165, 1.54) is 6.07 Å². The average Bonchev–Trinajstić information content (AvgIpc) is 2.68. The first-order valence-electron chi connectivity index (χ1n) is 5.00. The fourth-order valence-corrected chi connectivity index (χ4v) is 2.62. The van der Waals surface area contributed by atoms with Crippen molar-refractivity contribution in [2.24, 2.45) is 0 Å². The minimum atomic E-state index is -0.00588. The predicted octanol–water partition coefficient (Wildman–Crippen LogP) is 2.61. The smallest absolute Gasteiger partial charge is 0.254 e. The number of hydrogen-bond donors (Lipinski definition) is 1. The standard InChI is InChI=1S/C11H11BrINO2/c12-8-3-4-14(6-8)11(16)7-1-2-9(13)10(15)5-7/h1-2,5,8,15H,3-4,6H2. The lowest BCUT2D eigenvalue weighted by Gasteiger charge is -2.15. The summed E-state index contributed by atoms with van der Waals surface area (Å²) in [4.78, 5) is 14.3. The van der Waals surface area contributed by atoms with Gasteiger partial charge in [0.2, 0.25) is 0 Å². The molecule has 1 amide bonds. The lowest BCUT2D eigenvalue weighted by atomic mass is 10.2. The second-order valence-corrected chi connectivity index (χ2v) is 6.26. The molecule has 0 aromatic heterocycles. The summed E-state index contributed by atoms with van der Waals surface area (Å²) < 4.78 is 0.758. The largest absolute Gasteiger partial charge is 0.507 e. The Labute approximate surface area is 116 Å². The van der Waals surface area contributed by atoms with Gasteiger partial charge in [-0.3, -0.25) is 4.79 Å². The molecule has 1 saturated heterocycles. The van der Waals surface area contributed by atoms with Crippen LogP contribution in [0.25, 0.3) is 0 Å². The van der Waals surface area contributed by atoms with Crippen molar-refractivity contribution >= 4 is 44.4 Å². The van der Waals surface area contributed by atoms with Crippen molar-refractivity contribution in [1.82, 2.24) is 4.90 Å². The van der Waals surface area contributed by atoms with E-state index in [-0.39, 0.29) is 11.7 Å². The molecule has 0 aliphatic carbocycles. The molecule has 2 rings (SSSR count). The molecule has 0 saturated carbocycles. The summed E-state index contributed by atoms with van der Waals surface area (Å²) >= 11 is 5.53. The molecule has 16 heavy (non-hydrogen) atoms. The van der Waals surface area contributed by atoms with E-state index in [1.54, 1.807) is 17.0 Å². The molecule has 86 valence electrons. The SMILES string of the molecule is O=C(c1ccc(I)c(O)c1)N1CCC(Br)C1. The number of alkyl halides is 1. The summed E-state index contributed by atoms with van der Waals surface area (Å²) in [7, 11) is 0. The van der Waals surface area contributed by atoms with Crippen molar-refractivity contribution in [3.63, 3.8) is 0 Å². The zero-order valence-electron chi connectivity index (χ0n) is 8.49. The third-order valence-corrected chi connectivity index (χ3v) is 4.27. The van der Waals surface area contributed by atoms with Crippen molar-refractivity contribution in [3.8, 4) is 5.75 Å². The number of benzene rings is 1. The molecule has 1 aromatic carbocycles. The first kappa shape index (κ1) is 12.2. The Hall–Kier alpha value is -0.300. The maximum absolute atomic E-state index is 12.0. The number of nitrogens with zero attached hydrogens (tertiary/aromatic N) is 1. The van der Waals surface area contributed by atoms with Crippen molar-refractivity contribution in [1.29, 1.82) is 0 Å². The molecule has 1 aliphatic heterocycles. The maximum Gasteiger partial charge on any atom is 0.254 e. The van der Waals surface area contributed by atoms with Crippen molar-refractivity contribution in [3.05, 3.63) is 27.3 Å². The summed E-state index contributed by atoms with van der Waals surface area (Å²) in [6.45, 7) is 1.52. The van der Waals surface area contributed by atoms with Gasteiger partial charge in [-0.25, -0.2) is 0 Å². The molecule has 1 unspecified atom stereocenters. The molecule has 1 fully saturated rings. The van der Waals surface area contributed by atoms with Gasteiger partial charge in [-0.2, -0.15) is 0 Å². The second kappa shape index (κ2) is 4.91. The van der Waals surface area contributed by atoms with Crippen LogP contribution in [0.4, 0.5) is 0 Å². The van der Waals surface area contributed by atoms with Gasteiger partial charge in [0.25, 0.3) is 5.91 Å². The van der Waals surface area contributed by atoms with Crippen molar-refractivity contribution in [2.45, 2.75) is 11.2 Å². The summed E-state index contributed by atoms with van der Waals surface area (Å²) in [5.41, 5.74) is 0.555. The first-order chi connectivity index (χ1) is 7.58. The highest BCUT2D eigenvalue weighted by Crippen LogP contribution is 2.23. The number of phenols is 1. The first-order valence-corrected chi connectivity index (χ1v) is 6.99. The Morgan fingerprint density at radius 1 is 1.56 bits per heavy atom. The van der Waals surface area contributed by atoms with Gasteiger partial charge in [-0.05, 0) is 47.2 Å². The van der Waals surface area contributed by atoms with Crippen LogP contribution in [0.15, 0.2) is 18.2 Å². The van der Waals surface area contributed by atoms with Crippen LogP contribution in [0.1, 0.15) is 16.8 Å². The van der Waals surface area contributed by atoms with E-state index in [1.807, 2.05) is 22.6 Å². The number of halogens is 2. The van der Waals surface area contributed by atoms with E-state index in [9.17, 15) is 9.90 Å². The van der Waals surface area contributed by atoms with E-state index in [2.05, 4.69) is 15.9 Å². The summed E-state index contributed by atoms with van der Waals surface area (Å²) in [6, 6.07) is 5.04. The third kappa shape index (κ3) is 2.51. The molecule has 5 heteroatoms. The predicted molar refractivity (Wildman–Crippen MR) is 74.1 cm³/mol. The Morgan fingerprint density at radius 2 is 2.31 bits per heavy atom. The molecule has 0 bridgehead atoms. The number of phenolic OH excluding ortho intramolecular Hbond substituents is 1. The van der Waals surface area contributed by atoms with Crippen molar-refractivity contribution in [2.75, 3.05) is 13.1 Å². The van der Waals surface area contributed by atoms with Gasteiger partial charge in [0.15, 0.2) is 0 Å². The molecule has 1 aliphatic rings. The van der Waals surface area contributed by atoms with Crippen molar-refractivity contribution < 1.29 is 9.90 Å². The third-order valence-electron chi connectivity index (χ3n) is 2.61. The number of carbonyl (C=O) groups is 1. The van der Waals surface area contributed by atoms with E-state index in [0.29, 0.717) is 10.4 Å². The van der Waals surface area contributed by atoms with Crippen LogP contribution in [-0.4, -0.2) is 33.8 Å². The van der Waals surface area contributed by atoms with Gasteiger partial charge in [-0.1, -0.05) is 15.9 Å². The molecule has 1 atom stereocenters. The van der Waals surface area contributed by atoms with E-state index in [4.69, 9.17) is 0 Å². The molecule has 3 nitrogen and oxygen atoms in total. The van der Waals surface area contributed by atoms with E-state index in [0.717, 1.165) is 23.1 Å². The quantitative estimate of drug-likeness (QED) is 0.586. The van der Waals surface area contributed by atoms with Crippen LogP contribution in [-0.2, 0) is 0 Å². The highest BCUT2D eigenvalue weighted by atomic mass is 127. The number of likely N-dealkylation sites (tertiary alicyclic amines) is 1. The van der Waals surface area contributed by atoms with Gasteiger partial charge < -0.3 is 10.0 Å². The van der Waals surface area contributed by atoms with E-state index < -0.39 is 0 Å². The topological polar surface area (TPSA) is 40.5 Å². The number of carbonyl (C=O) groups excluding carboxylic acids is 1. The van der Waals surface area contributed by atoms with Crippen LogP contribution < -0.4 is 0 Å². The van der Waals surface area contributed by atoms with E-state index >= 15 is 0 Å². The molecule has 0 spiro atoms. The summed E-state index contributed by atoms with van der Waals surface area (Å²) in [5, 5.41) is 9.56. The number of hydrogen-bond acceptors (Lipinski definition) is 2. The fraction of sp³-hybridized carbons (Fsp3) is 0.364. The van der Waals surface area contributed by atoms with Crippen LogP contribution in [0.3, 0.4) is 0 Å². The van der Waals surface area contributed by atoms with Gasteiger partial charge in [0, 0.05) is 23.5 Å². The van der Waals surface area contributed by atoms with Crippen LogP contribution in [0.2, 0.25) is 0 Å². The number of amides is 1. The number of aromatic hydroxyl groups is 1.